The van der Waals surface area contributed by atoms with Crippen molar-refractivity contribution in [3.8, 4) is 0 Å². The number of hydrogen-bond acceptors (Lipinski definition) is 3. The molecule has 0 amide bonds. The highest BCUT2D eigenvalue weighted by molar-refractivity contribution is 4.69. The molecule has 1 aliphatic heterocycles. The van der Waals surface area contributed by atoms with Gasteiger partial charge in [-0.1, -0.05) is 27.7 Å². The molecule has 1 N–H and O–H groups in total. The van der Waals surface area contributed by atoms with Gasteiger partial charge in [0.05, 0.1) is 18.8 Å². The third kappa shape index (κ3) is 6.72. The lowest BCUT2D eigenvalue weighted by molar-refractivity contribution is -0.0721. The standard InChI is InChI=1S/C15H31NO2/c1-12(2)9-16-10-15(13(3)4)18-11-14-7-5-6-8-17-14/h12-16H,5-11H2,1-4H3. The Bertz CT molecular complexity index is 201. The summed E-state index contributed by atoms with van der Waals surface area (Å²) in [5.74, 6) is 1.24. The van der Waals surface area contributed by atoms with Crippen LogP contribution in [0, 0.1) is 11.8 Å². The van der Waals surface area contributed by atoms with E-state index in [1.54, 1.807) is 0 Å². The van der Waals surface area contributed by atoms with E-state index in [9.17, 15) is 0 Å². The van der Waals surface area contributed by atoms with Crippen LogP contribution in [-0.2, 0) is 9.47 Å². The van der Waals surface area contributed by atoms with Gasteiger partial charge in [-0.3, -0.25) is 0 Å². The summed E-state index contributed by atoms with van der Waals surface area (Å²) in [5, 5.41) is 3.49. The van der Waals surface area contributed by atoms with Crippen LogP contribution in [0.3, 0.4) is 0 Å². The van der Waals surface area contributed by atoms with Crippen LogP contribution in [0.2, 0.25) is 0 Å². The van der Waals surface area contributed by atoms with Gasteiger partial charge in [0.1, 0.15) is 0 Å². The Labute approximate surface area is 113 Å². The Hall–Kier alpha value is -0.120. The third-order valence-corrected chi connectivity index (χ3v) is 3.41. The normalized spacial score (nSPS) is 22.7. The second kappa shape index (κ2) is 8.89. The predicted octanol–water partition coefficient (Wildman–Crippen LogP) is 2.84. The molecule has 1 aliphatic rings. The minimum atomic E-state index is 0.300. The van der Waals surface area contributed by atoms with Crippen LogP contribution in [-0.4, -0.2) is 38.5 Å². The quantitative estimate of drug-likeness (QED) is 0.725. The zero-order valence-electron chi connectivity index (χ0n) is 12.6. The first kappa shape index (κ1) is 15.9. The molecule has 1 saturated heterocycles. The monoisotopic (exact) mass is 257 g/mol. The summed E-state index contributed by atoms with van der Waals surface area (Å²) in [7, 11) is 0. The van der Waals surface area contributed by atoms with Crippen molar-refractivity contribution in [1.82, 2.24) is 5.32 Å². The van der Waals surface area contributed by atoms with E-state index in [1.807, 2.05) is 0 Å². The molecule has 18 heavy (non-hydrogen) atoms. The largest absolute Gasteiger partial charge is 0.376 e. The zero-order chi connectivity index (χ0) is 13.4. The van der Waals surface area contributed by atoms with Crippen molar-refractivity contribution in [2.24, 2.45) is 11.8 Å². The van der Waals surface area contributed by atoms with Crippen LogP contribution in [0.5, 0.6) is 0 Å². The highest BCUT2D eigenvalue weighted by Crippen LogP contribution is 2.15. The van der Waals surface area contributed by atoms with Crippen molar-refractivity contribution in [2.45, 2.75) is 59.2 Å². The van der Waals surface area contributed by atoms with Crippen LogP contribution >= 0.6 is 0 Å². The van der Waals surface area contributed by atoms with Gasteiger partial charge in [-0.25, -0.2) is 0 Å². The Morgan fingerprint density at radius 1 is 1.17 bits per heavy atom. The van der Waals surface area contributed by atoms with Gasteiger partial charge >= 0.3 is 0 Å². The highest BCUT2D eigenvalue weighted by atomic mass is 16.5. The fraction of sp³-hybridized carbons (Fsp3) is 1.00. The Morgan fingerprint density at radius 2 is 1.94 bits per heavy atom. The van der Waals surface area contributed by atoms with E-state index in [4.69, 9.17) is 9.47 Å². The van der Waals surface area contributed by atoms with E-state index in [-0.39, 0.29) is 0 Å². The molecule has 108 valence electrons. The number of hydrogen-bond donors (Lipinski definition) is 1. The molecule has 3 heteroatoms. The van der Waals surface area contributed by atoms with Crippen molar-refractivity contribution >= 4 is 0 Å². The summed E-state index contributed by atoms with van der Waals surface area (Å²) in [6, 6.07) is 0. The molecule has 0 aromatic rings. The van der Waals surface area contributed by atoms with E-state index in [0.717, 1.165) is 32.7 Å². The molecule has 0 bridgehead atoms. The maximum Gasteiger partial charge on any atom is 0.0808 e. The molecule has 1 rings (SSSR count). The molecule has 2 unspecified atom stereocenters. The van der Waals surface area contributed by atoms with E-state index in [2.05, 4.69) is 33.0 Å². The summed E-state index contributed by atoms with van der Waals surface area (Å²) in [5.41, 5.74) is 0. The smallest absolute Gasteiger partial charge is 0.0808 e. The van der Waals surface area contributed by atoms with Crippen LogP contribution in [0.1, 0.15) is 47.0 Å². The Balaban J connectivity index is 2.19. The molecule has 1 fully saturated rings. The van der Waals surface area contributed by atoms with E-state index in [1.165, 1.54) is 12.8 Å². The Morgan fingerprint density at radius 3 is 2.50 bits per heavy atom. The summed E-state index contributed by atoms with van der Waals surface area (Å²) in [4.78, 5) is 0. The molecule has 0 aliphatic carbocycles. The van der Waals surface area contributed by atoms with Crippen molar-refractivity contribution in [3.05, 3.63) is 0 Å². The molecule has 0 saturated carbocycles. The third-order valence-electron chi connectivity index (χ3n) is 3.41. The lowest BCUT2D eigenvalue weighted by Crippen LogP contribution is -2.37. The fourth-order valence-corrected chi connectivity index (χ4v) is 2.17. The number of ether oxygens (including phenoxy) is 2. The Kier molecular flexibility index (Phi) is 7.87. The minimum absolute atomic E-state index is 0.300. The second-order valence-corrected chi connectivity index (χ2v) is 6.16. The van der Waals surface area contributed by atoms with Gasteiger partial charge < -0.3 is 14.8 Å². The first-order chi connectivity index (χ1) is 8.59. The van der Waals surface area contributed by atoms with Gasteiger partial charge in [0.25, 0.3) is 0 Å². The molecule has 1 heterocycles. The maximum atomic E-state index is 6.04. The van der Waals surface area contributed by atoms with Crippen LogP contribution in [0.15, 0.2) is 0 Å². The van der Waals surface area contributed by atoms with Crippen molar-refractivity contribution in [2.75, 3.05) is 26.3 Å². The van der Waals surface area contributed by atoms with E-state index in [0.29, 0.717) is 24.0 Å². The summed E-state index contributed by atoms with van der Waals surface area (Å²) in [6.45, 7) is 12.6. The number of nitrogens with one attached hydrogen (secondary N) is 1. The average molecular weight is 257 g/mol. The molecule has 0 spiro atoms. The lowest BCUT2D eigenvalue weighted by Gasteiger charge is -2.27. The van der Waals surface area contributed by atoms with Crippen LogP contribution in [0.4, 0.5) is 0 Å². The molecule has 0 radical (unpaired) electrons. The van der Waals surface area contributed by atoms with E-state index < -0.39 is 0 Å². The van der Waals surface area contributed by atoms with Crippen LogP contribution < -0.4 is 5.32 Å². The average Bonchev–Trinajstić information content (AvgIpc) is 2.34. The first-order valence-corrected chi connectivity index (χ1v) is 7.53. The molecular weight excluding hydrogens is 226 g/mol. The first-order valence-electron chi connectivity index (χ1n) is 7.53. The SMILES string of the molecule is CC(C)CNCC(OCC1CCCCO1)C(C)C. The second-order valence-electron chi connectivity index (χ2n) is 6.16. The summed E-state index contributed by atoms with van der Waals surface area (Å²) in [6.07, 6.45) is 4.27. The predicted molar refractivity (Wildman–Crippen MR) is 75.9 cm³/mol. The van der Waals surface area contributed by atoms with Crippen molar-refractivity contribution < 1.29 is 9.47 Å². The molecule has 2 atom stereocenters. The van der Waals surface area contributed by atoms with Gasteiger partial charge in [0.2, 0.25) is 0 Å². The molecule has 0 aromatic carbocycles. The maximum absolute atomic E-state index is 6.04. The zero-order valence-corrected chi connectivity index (χ0v) is 12.6. The van der Waals surface area contributed by atoms with Crippen molar-refractivity contribution in [3.63, 3.8) is 0 Å². The molecule has 3 nitrogen and oxygen atoms in total. The van der Waals surface area contributed by atoms with Gasteiger partial charge in [0.15, 0.2) is 0 Å². The van der Waals surface area contributed by atoms with Gasteiger partial charge in [0, 0.05) is 13.2 Å². The topological polar surface area (TPSA) is 30.5 Å². The summed E-state index contributed by atoms with van der Waals surface area (Å²) >= 11 is 0. The molecule has 0 aromatic heterocycles. The summed E-state index contributed by atoms with van der Waals surface area (Å²) < 4.78 is 11.7. The van der Waals surface area contributed by atoms with E-state index >= 15 is 0 Å². The van der Waals surface area contributed by atoms with Gasteiger partial charge in [-0.15, -0.1) is 0 Å². The lowest BCUT2D eigenvalue weighted by atomic mass is 10.1. The van der Waals surface area contributed by atoms with Gasteiger partial charge in [-0.2, -0.15) is 0 Å². The number of rotatable bonds is 8. The van der Waals surface area contributed by atoms with Crippen LogP contribution in [0.25, 0.3) is 0 Å². The van der Waals surface area contributed by atoms with Gasteiger partial charge in [-0.05, 0) is 37.6 Å². The van der Waals surface area contributed by atoms with Crippen molar-refractivity contribution in [1.29, 1.82) is 0 Å². The molecular formula is C15H31NO2. The highest BCUT2D eigenvalue weighted by Gasteiger charge is 2.19. The minimum Gasteiger partial charge on any atom is -0.376 e. The fourth-order valence-electron chi connectivity index (χ4n) is 2.17.